The Hall–Kier alpha value is -1.08. The van der Waals surface area contributed by atoms with E-state index in [1.54, 1.807) is 12.1 Å². The van der Waals surface area contributed by atoms with Gasteiger partial charge in [-0.25, -0.2) is 16.8 Å². The van der Waals surface area contributed by atoms with Gasteiger partial charge >= 0.3 is 0 Å². The molecule has 5 nitrogen and oxygen atoms in total. The Kier molecular flexibility index (Phi) is 3.83. The highest BCUT2D eigenvalue weighted by molar-refractivity contribution is 7.93. The largest absolute Gasteiger partial charge is 0.282 e. The van der Waals surface area contributed by atoms with E-state index < -0.39 is 25.1 Å². The lowest BCUT2D eigenvalue weighted by Gasteiger charge is -2.13. The molecule has 0 spiro atoms. The summed E-state index contributed by atoms with van der Waals surface area (Å²) in [4.78, 5) is -0.0239. The molecule has 1 aromatic rings. The van der Waals surface area contributed by atoms with Gasteiger partial charge in [-0.1, -0.05) is 12.1 Å². The molecule has 1 rings (SSSR count). The molecule has 1 aromatic carbocycles. The smallest absolute Gasteiger partial charge is 0.235 e. The van der Waals surface area contributed by atoms with Gasteiger partial charge in [-0.15, -0.1) is 0 Å². The quantitative estimate of drug-likeness (QED) is 0.898. The standard InChI is InChI=1S/C10H15NO4S2/c1-8(2)17(14,15)11-9-6-4-5-7-10(9)16(3,12)13/h4-8,11H,1-3H3. The molecule has 7 heteroatoms. The van der Waals surface area contributed by atoms with Crippen LogP contribution >= 0.6 is 0 Å². The molecule has 0 aliphatic carbocycles. The van der Waals surface area contributed by atoms with E-state index in [9.17, 15) is 16.8 Å². The van der Waals surface area contributed by atoms with Gasteiger partial charge in [0.25, 0.3) is 0 Å². The summed E-state index contributed by atoms with van der Waals surface area (Å²) in [5.74, 6) is 0. The number of sulfone groups is 1. The van der Waals surface area contributed by atoms with E-state index in [-0.39, 0.29) is 10.6 Å². The minimum Gasteiger partial charge on any atom is -0.282 e. The molecule has 0 saturated heterocycles. The van der Waals surface area contributed by atoms with Crippen LogP contribution in [0.4, 0.5) is 5.69 Å². The lowest BCUT2D eigenvalue weighted by Crippen LogP contribution is -2.23. The fourth-order valence-electron chi connectivity index (χ4n) is 1.15. The zero-order valence-electron chi connectivity index (χ0n) is 9.84. The molecule has 17 heavy (non-hydrogen) atoms. The van der Waals surface area contributed by atoms with E-state index in [1.165, 1.54) is 26.0 Å². The first-order valence-corrected chi connectivity index (χ1v) is 8.39. The molecule has 0 unspecified atom stereocenters. The Morgan fingerprint density at radius 1 is 1.06 bits per heavy atom. The maximum atomic E-state index is 11.7. The van der Waals surface area contributed by atoms with Crippen molar-refractivity contribution in [1.82, 2.24) is 0 Å². The van der Waals surface area contributed by atoms with Crippen LogP contribution in [0.25, 0.3) is 0 Å². The highest BCUT2D eigenvalue weighted by atomic mass is 32.2. The first-order chi connectivity index (χ1) is 7.64. The maximum absolute atomic E-state index is 11.7. The summed E-state index contributed by atoms with van der Waals surface area (Å²) in [6.45, 7) is 3.04. The maximum Gasteiger partial charge on any atom is 0.235 e. The zero-order chi connectivity index (χ0) is 13.3. The summed E-state index contributed by atoms with van der Waals surface area (Å²) < 4.78 is 48.6. The van der Waals surface area contributed by atoms with Crippen molar-refractivity contribution in [3.63, 3.8) is 0 Å². The van der Waals surface area contributed by atoms with E-state index in [1.807, 2.05) is 0 Å². The van der Waals surface area contributed by atoms with Crippen molar-refractivity contribution in [1.29, 1.82) is 0 Å². The molecule has 0 bridgehead atoms. The monoisotopic (exact) mass is 277 g/mol. The van der Waals surface area contributed by atoms with E-state index in [0.717, 1.165) is 6.26 Å². The van der Waals surface area contributed by atoms with Gasteiger partial charge in [-0.2, -0.15) is 0 Å². The Balaban J connectivity index is 3.27. The second-order valence-electron chi connectivity index (χ2n) is 3.96. The van der Waals surface area contributed by atoms with Gasteiger partial charge in [0.1, 0.15) is 0 Å². The third-order valence-corrected chi connectivity index (χ3v) is 5.06. The fourth-order valence-corrected chi connectivity index (χ4v) is 2.77. The average molecular weight is 277 g/mol. The predicted molar refractivity (Wildman–Crippen MR) is 67.2 cm³/mol. The first-order valence-electron chi connectivity index (χ1n) is 4.95. The van der Waals surface area contributed by atoms with Crippen LogP contribution in [-0.4, -0.2) is 28.3 Å². The Morgan fingerprint density at radius 3 is 2.06 bits per heavy atom. The van der Waals surface area contributed by atoms with Crippen LogP contribution in [0.3, 0.4) is 0 Å². The second-order valence-corrected chi connectivity index (χ2v) is 8.19. The number of nitrogens with one attached hydrogen (secondary N) is 1. The topological polar surface area (TPSA) is 80.3 Å². The SMILES string of the molecule is CC(C)S(=O)(=O)Nc1ccccc1S(C)(=O)=O. The molecule has 0 amide bonds. The summed E-state index contributed by atoms with van der Waals surface area (Å²) >= 11 is 0. The van der Waals surface area contributed by atoms with Crippen LogP contribution in [0.1, 0.15) is 13.8 Å². The molecular formula is C10H15NO4S2. The van der Waals surface area contributed by atoms with Crippen molar-refractivity contribution in [3.05, 3.63) is 24.3 Å². The van der Waals surface area contributed by atoms with Crippen molar-refractivity contribution >= 4 is 25.5 Å². The highest BCUT2D eigenvalue weighted by Crippen LogP contribution is 2.22. The van der Waals surface area contributed by atoms with Gasteiger partial charge < -0.3 is 0 Å². The second kappa shape index (κ2) is 4.66. The van der Waals surface area contributed by atoms with E-state index in [4.69, 9.17) is 0 Å². The average Bonchev–Trinajstić information content (AvgIpc) is 2.15. The van der Waals surface area contributed by atoms with Gasteiger partial charge in [0.15, 0.2) is 9.84 Å². The van der Waals surface area contributed by atoms with Crippen molar-refractivity contribution in [2.45, 2.75) is 24.0 Å². The predicted octanol–water partition coefficient (Wildman–Crippen LogP) is 1.24. The number of hydrogen-bond acceptors (Lipinski definition) is 4. The summed E-state index contributed by atoms with van der Waals surface area (Å²) in [5, 5.41) is -0.630. The molecule has 0 aliphatic heterocycles. The van der Waals surface area contributed by atoms with Crippen molar-refractivity contribution in [3.8, 4) is 0 Å². The molecule has 0 heterocycles. The summed E-state index contributed by atoms with van der Waals surface area (Å²) in [7, 11) is -7.01. The lowest BCUT2D eigenvalue weighted by atomic mass is 10.3. The number of sulfonamides is 1. The molecule has 96 valence electrons. The minimum absolute atomic E-state index is 0.0239. The number of hydrogen-bond donors (Lipinski definition) is 1. The molecule has 0 radical (unpaired) electrons. The van der Waals surface area contributed by atoms with E-state index in [0.29, 0.717) is 0 Å². The number of para-hydroxylation sites is 1. The summed E-state index contributed by atoms with van der Waals surface area (Å²) in [5.41, 5.74) is 0.0868. The Labute approximate surface area is 102 Å². The van der Waals surface area contributed by atoms with Gasteiger partial charge in [0.05, 0.1) is 15.8 Å². The molecule has 0 aliphatic rings. The third kappa shape index (κ3) is 3.44. The highest BCUT2D eigenvalue weighted by Gasteiger charge is 2.20. The number of anilines is 1. The van der Waals surface area contributed by atoms with E-state index in [2.05, 4.69) is 4.72 Å². The molecule has 0 fully saturated rings. The third-order valence-electron chi connectivity index (χ3n) is 2.16. The Bertz CT molecular complexity index is 603. The zero-order valence-corrected chi connectivity index (χ0v) is 11.5. The van der Waals surface area contributed by atoms with Gasteiger partial charge in [-0.3, -0.25) is 4.72 Å². The van der Waals surface area contributed by atoms with Crippen LogP contribution in [0.15, 0.2) is 29.2 Å². The minimum atomic E-state index is -3.55. The van der Waals surface area contributed by atoms with Crippen LogP contribution < -0.4 is 4.72 Å². The molecule has 0 saturated carbocycles. The van der Waals surface area contributed by atoms with Gasteiger partial charge in [0, 0.05) is 6.26 Å². The van der Waals surface area contributed by atoms with Crippen molar-refractivity contribution in [2.75, 3.05) is 11.0 Å². The van der Waals surface area contributed by atoms with Crippen LogP contribution in [-0.2, 0) is 19.9 Å². The fraction of sp³-hybridized carbons (Fsp3) is 0.400. The van der Waals surface area contributed by atoms with Crippen LogP contribution in [0.2, 0.25) is 0 Å². The summed E-state index contributed by atoms with van der Waals surface area (Å²) in [6, 6.07) is 5.92. The van der Waals surface area contributed by atoms with Gasteiger partial charge in [0.2, 0.25) is 10.0 Å². The lowest BCUT2D eigenvalue weighted by molar-refractivity contribution is 0.592. The molecule has 1 N–H and O–H groups in total. The van der Waals surface area contributed by atoms with Gasteiger partial charge in [-0.05, 0) is 26.0 Å². The van der Waals surface area contributed by atoms with Crippen LogP contribution in [0, 0.1) is 0 Å². The van der Waals surface area contributed by atoms with E-state index >= 15 is 0 Å². The first kappa shape index (κ1) is 14.0. The molecule has 0 atom stereocenters. The Morgan fingerprint density at radius 2 is 1.59 bits per heavy atom. The number of benzene rings is 1. The molecule has 0 aromatic heterocycles. The summed E-state index contributed by atoms with van der Waals surface area (Å²) in [6.07, 6.45) is 1.04. The van der Waals surface area contributed by atoms with Crippen molar-refractivity contribution < 1.29 is 16.8 Å². The van der Waals surface area contributed by atoms with Crippen molar-refractivity contribution in [2.24, 2.45) is 0 Å². The number of rotatable bonds is 4. The van der Waals surface area contributed by atoms with Crippen LogP contribution in [0.5, 0.6) is 0 Å². The normalized spacial score (nSPS) is 12.7. The molecular weight excluding hydrogens is 262 g/mol.